The molecule has 1 aliphatic rings. The first-order chi connectivity index (χ1) is 14.2. The van der Waals surface area contributed by atoms with Gasteiger partial charge in [-0.1, -0.05) is 40.9 Å². The number of halogens is 3. The number of hydrogen-bond acceptors (Lipinski definition) is 4. The molecule has 1 heterocycles. The summed E-state index contributed by atoms with van der Waals surface area (Å²) in [5.74, 6) is -0.329. The first kappa shape index (κ1) is 23.2. The molecule has 2 aromatic rings. The summed E-state index contributed by atoms with van der Waals surface area (Å²) in [4.78, 5) is 12.7. The van der Waals surface area contributed by atoms with E-state index in [2.05, 4.69) is 5.32 Å². The molecule has 30 heavy (non-hydrogen) atoms. The lowest BCUT2D eigenvalue weighted by Crippen LogP contribution is -2.41. The summed E-state index contributed by atoms with van der Waals surface area (Å²) < 4.78 is 33.1. The molecule has 162 valence electrons. The Morgan fingerprint density at radius 1 is 1.13 bits per heavy atom. The zero-order chi connectivity index (χ0) is 21.9. The smallest absolute Gasteiger partial charge is 0.246 e. The van der Waals surface area contributed by atoms with Crippen molar-refractivity contribution >= 4 is 56.4 Å². The average molecular weight is 492 g/mol. The van der Waals surface area contributed by atoms with Crippen LogP contribution in [0, 0.1) is 5.92 Å². The summed E-state index contributed by atoms with van der Waals surface area (Å²) in [5, 5.41) is 3.76. The van der Waals surface area contributed by atoms with Gasteiger partial charge in [-0.3, -0.25) is 4.79 Å². The molecule has 6 nitrogen and oxygen atoms in total. The standard InChI is InChI=1S/C20H21Cl3N2O4S/c1-2-29-17-7-6-14(21)12-18(17)30(27,28)25-10-8-13(9-11-25)20(26)24-19-15(22)4-3-5-16(19)23/h3-7,12-13H,2,8-11H2,1H3,(H,24,26). The molecule has 2 aromatic carbocycles. The second-order valence-corrected chi connectivity index (χ2v) is 9.95. The third kappa shape index (κ3) is 5.03. The van der Waals surface area contributed by atoms with Gasteiger partial charge in [-0.05, 0) is 50.1 Å². The number of nitrogens with one attached hydrogen (secondary N) is 1. The van der Waals surface area contributed by atoms with Gasteiger partial charge in [0.15, 0.2) is 0 Å². The molecular weight excluding hydrogens is 471 g/mol. The maximum absolute atomic E-state index is 13.1. The monoisotopic (exact) mass is 490 g/mol. The van der Waals surface area contributed by atoms with Crippen molar-refractivity contribution in [1.29, 1.82) is 0 Å². The lowest BCUT2D eigenvalue weighted by Gasteiger charge is -2.31. The summed E-state index contributed by atoms with van der Waals surface area (Å²) in [5.41, 5.74) is 0.362. The van der Waals surface area contributed by atoms with Crippen molar-refractivity contribution in [2.24, 2.45) is 5.92 Å². The van der Waals surface area contributed by atoms with Gasteiger partial charge in [0.05, 0.1) is 22.3 Å². The van der Waals surface area contributed by atoms with Gasteiger partial charge < -0.3 is 10.1 Å². The number of hydrogen-bond donors (Lipinski definition) is 1. The van der Waals surface area contributed by atoms with Crippen molar-refractivity contribution in [1.82, 2.24) is 4.31 Å². The summed E-state index contributed by atoms with van der Waals surface area (Å²) >= 11 is 18.2. The average Bonchev–Trinajstić information content (AvgIpc) is 2.72. The number of sulfonamides is 1. The molecular formula is C20H21Cl3N2O4S. The molecule has 1 aliphatic heterocycles. The van der Waals surface area contributed by atoms with Gasteiger partial charge in [-0.25, -0.2) is 8.42 Å². The van der Waals surface area contributed by atoms with Crippen molar-refractivity contribution < 1.29 is 17.9 Å². The fourth-order valence-electron chi connectivity index (χ4n) is 3.30. The fraction of sp³-hybridized carbons (Fsp3) is 0.350. The Morgan fingerprint density at radius 3 is 2.37 bits per heavy atom. The van der Waals surface area contributed by atoms with E-state index in [1.807, 2.05) is 0 Å². The molecule has 0 bridgehead atoms. The predicted octanol–water partition coefficient (Wildman–Crippen LogP) is 5.08. The van der Waals surface area contributed by atoms with Crippen molar-refractivity contribution in [2.75, 3.05) is 25.0 Å². The number of anilines is 1. The maximum Gasteiger partial charge on any atom is 0.246 e. The molecule has 0 aliphatic carbocycles. The van der Waals surface area contributed by atoms with Crippen molar-refractivity contribution in [3.8, 4) is 5.75 Å². The highest BCUT2D eigenvalue weighted by Gasteiger charge is 2.34. The summed E-state index contributed by atoms with van der Waals surface area (Å²) in [6.07, 6.45) is 0.745. The summed E-state index contributed by atoms with van der Waals surface area (Å²) in [6, 6.07) is 9.49. The number of carbonyl (C=O) groups is 1. The van der Waals surface area contributed by atoms with Crippen LogP contribution in [-0.2, 0) is 14.8 Å². The molecule has 1 saturated heterocycles. The van der Waals surface area contributed by atoms with Crippen LogP contribution >= 0.6 is 34.8 Å². The van der Waals surface area contributed by atoms with E-state index in [-0.39, 0.29) is 35.6 Å². The third-order valence-electron chi connectivity index (χ3n) is 4.86. The number of para-hydroxylation sites is 1. The molecule has 3 rings (SSSR count). The third-order valence-corrected chi connectivity index (χ3v) is 7.64. The van der Waals surface area contributed by atoms with Crippen LogP contribution in [0.4, 0.5) is 5.69 Å². The molecule has 10 heteroatoms. The minimum atomic E-state index is -3.81. The second kappa shape index (κ2) is 9.75. The number of benzene rings is 2. The number of ether oxygens (including phenoxy) is 1. The van der Waals surface area contributed by atoms with E-state index in [1.54, 1.807) is 37.3 Å². The molecule has 1 fully saturated rings. The van der Waals surface area contributed by atoms with E-state index in [9.17, 15) is 13.2 Å². The van der Waals surface area contributed by atoms with Crippen LogP contribution in [0.25, 0.3) is 0 Å². The van der Waals surface area contributed by atoms with Crippen molar-refractivity contribution in [2.45, 2.75) is 24.7 Å². The highest BCUT2D eigenvalue weighted by molar-refractivity contribution is 7.89. The molecule has 0 saturated carbocycles. The Morgan fingerprint density at radius 2 is 1.77 bits per heavy atom. The van der Waals surface area contributed by atoms with Gasteiger partial charge in [0.1, 0.15) is 10.6 Å². The van der Waals surface area contributed by atoms with E-state index >= 15 is 0 Å². The summed E-state index contributed by atoms with van der Waals surface area (Å²) in [6.45, 7) is 2.51. The molecule has 0 atom stereocenters. The van der Waals surface area contributed by atoms with Crippen LogP contribution in [0.1, 0.15) is 19.8 Å². The van der Waals surface area contributed by atoms with Gasteiger partial charge in [0.2, 0.25) is 15.9 Å². The fourth-order valence-corrected chi connectivity index (χ4v) is 5.65. The first-order valence-corrected chi connectivity index (χ1v) is 12.0. The zero-order valence-electron chi connectivity index (χ0n) is 16.2. The SMILES string of the molecule is CCOc1ccc(Cl)cc1S(=O)(=O)N1CCC(C(=O)Nc2c(Cl)cccc2Cl)CC1. The Hall–Kier alpha value is -1.51. The first-order valence-electron chi connectivity index (χ1n) is 9.41. The molecule has 1 N–H and O–H groups in total. The highest BCUT2D eigenvalue weighted by Crippen LogP contribution is 2.34. The van der Waals surface area contributed by atoms with Gasteiger partial charge >= 0.3 is 0 Å². The lowest BCUT2D eigenvalue weighted by atomic mass is 9.97. The van der Waals surface area contributed by atoms with Gasteiger partial charge in [0.25, 0.3) is 0 Å². The van der Waals surface area contributed by atoms with E-state index in [1.165, 1.54) is 10.4 Å². The molecule has 0 spiro atoms. The Kier molecular flexibility index (Phi) is 7.52. The van der Waals surface area contributed by atoms with Crippen LogP contribution in [0.5, 0.6) is 5.75 Å². The van der Waals surface area contributed by atoms with Crippen molar-refractivity contribution in [3.63, 3.8) is 0 Å². The quantitative estimate of drug-likeness (QED) is 0.611. The van der Waals surface area contributed by atoms with Gasteiger partial charge in [-0.15, -0.1) is 0 Å². The Labute approximate surface area is 191 Å². The van der Waals surface area contributed by atoms with E-state index in [0.717, 1.165) is 0 Å². The second-order valence-electron chi connectivity index (χ2n) is 6.79. The maximum atomic E-state index is 13.1. The number of rotatable bonds is 6. The number of piperidine rings is 1. The lowest BCUT2D eigenvalue weighted by molar-refractivity contribution is -0.120. The molecule has 0 radical (unpaired) electrons. The molecule has 0 unspecified atom stereocenters. The van der Waals surface area contributed by atoms with Crippen molar-refractivity contribution in [3.05, 3.63) is 51.5 Å². The van der Waals surface area contributed by atoms with Crippen LogP contribution < -0.4 is 10.1 Å². The summed E-state index contributed by atoms with van der Waals surface area (Å²) in [7, 11) is -3.81. The van der Waals surface area contributed by atoms with Crippen LogP contribution in [-0.4, -0.2) is 38.3 Å². The topological polar surface area (TPSA) is 75.7 Å². The highest BCUT2D eigenvalue weighted by atomic mass is 35.5. The largest absolute Gasteiger partial charge is 0.492 e. The number of nitrogens with zero attached hydrogens (tertiary/aromatic N) is 1. The van der Waals surface area contributed by atoms with E-state index < -0.39 is 10.0 Å². The van der Waals surface area contributed by atoms with Crippen LogP contribution in [0.3, 0.4) is 0 Å². The minimum absolute atomic E-state index is 0.0302. The van der Waals surface area contributed by atoms with Gasteiger partial charge in [-0.2, -0.15) is 4.31 Å². The Bertz CT molecular complexity index is 1020. The van der Waals surface area contributed by atoms with E-state index in [4.69, 9.17) is 39.5 Å². The normalized spacial score (nSPS) is 15.7. The Balaban J connectivity index is 1.71. The minimum Gasteiger partial charge on any atom is -0.492 e. The van der Waals surface area contributed by atoms with Crippen LogP contribution in [0.2, 0.25) is 15.1 Å². The number of amides is 1. The molecule has 0 aromatic heterocycles. The zero-order valence-corrected chi connectivity index (χ0v) is 19.3. The molecule has 1 amide bonds. The van der Waals surface area contributed by atoms with Crippen LogP contribution in [0.15, 0.2) is 41.3 Å². The predicted molar refractivity (Wildman–Crippen MR) is 119 cm³/mol. The van der Waals surface area contributed by atoms with Gasteiger partial charge in [0, 0.05) is 24.0 Å². The number of carbonyl (C=O) groups excluding carboxylic acids is 1. The van der Waals surface area contributed by atoms with E-state index in [0.29, 0.717) is 40.2 Å².